The van der Waals surface area contributed by atoms with Crippen molar-refractivity contribution < 1.29 is 9.47 Å². The molecular weight excluding hydrogens is 322 g/mol. The lowest BCUT2D eigenvalue weighted by Crippen LogP contribution is -2.32. The van der Waals surface area contributed by atoms with Crippen LogP contribution in [0.15, 0.2) is 30.5 Å². The predicted octanol–water partition coefficient (Wildman–Crippen LogP) is 7.06. The second kappa shape index (κ2) is 16.8. The van der Waals surface area contributed by atoms with Crippen molar-refractivity contribution in [3.8, 4) is 11.5 Å². The number of unbranched alkanes of at least 4 members (excludes halogenated alkanes) is 1. The molecule has 3 heteroatoms. The van der Waals surface area contributed by atoms with E-state index in [1.807, 2.05) is 33.8 Å². The highest BCUT2D eigenvalue weighted by atomic mass is 16.7. The Kier molecular flexibility index (Phi) is 17.2. The van der Waals surface area contributed by atoms with Crippen LogP contribution in [-0.4, -0.2) is 24.3 Å². The number of hydrogen-bond acceptors (Lipinski definition) is 3. The SMILES string of the molecule is C=C(C)N(CC)C(C)Cc1ccc2c(c1)OCO2.CC.CC.CCCC. The second-order valence-corrected chi connectivity index (χ2v) is 5.76. The minimum absolute atomic E-state index is 0.335. The minimum Gasteiger partial charge on any atom is -0.454 e. The lowest BCUT2D eigenvalue weighted by molar-refractivity contribution is 0.174. The number of nitrogens with zero attached hydrogens (tertiary/aromatic N) is 1. The van der Waals surface area contributed by atoms with Gasteiger partial charge in [0.05, 0.1) is 0 Å². The summed E-state index contributed by atoms with van der Waals surface area (Å²) in [6.07, 6.45) is 3.62. The summed E-state index contributed by atoms with van der Waals surface area (Å²) in [4.78, 5) is 2.31. The Hall–Kier alpha value is -1.64. The molecular formula is C23H43NO2. The van der Waals surface area contributed by atoms with Crippen molar-refractivity contribution in [1.29, 1.82) is 0 Å². The Labute approximate surface area is 163 Å². The van der Waals surface area contributed by atoms with Gasteiger partial charge in [0.25, 0.3) is 0 Å². The van der Waals surface area contributed by atoms with E-state index in [9.17, 15) is 0 Å². The summed E-state index contributed by atoms with van der Waals surface area (Å²) in [7, 11) is 0. The van der Waals surface area contributed by atoms with E-state index in [1.165, 1.54) is 18.4 Å². The molecule has 0 aliphatic carbocycles. The third-order valence-corrected chi connectivity index (χ3v) is 3.83. The lowest BCUT2D eigenvalue weighted by Gasteiger charge is -2.30. The molecule has 2 rings (SSSR count). The fourth-order valence-corrected chi connectivity index (χ4v) is 2.48. The fourth-order valence-electron chi connectivity index (χ4n) is 2.48. The van der Waals surface area contributed by atoms with Crippen LogP contribution in [0.3, 0.4) is 0 Å². The van der Waals surface area contributed by atoms with Gasteiger partial charge in [0.15, 0.2) is 11.5 Å². The van der Waals surface area contributed by atoms with Gasteiger partial charge in [-0.25, -0.2) is 0 Å². The average molecular weight is 366 g/mol. The molecule has 1 aliphatic heterocycles. The van der Waals surface area contributed by atoms with Crippen LogP contribution in [0.1, 0.15) is 80.7 Å². The van der Waals surface area contributed by atoms with Crippen molar-refractivity contribution in [2.45, 2.75) is 87.6 Å². The van der Waals surface area contributed by atoms with E-state index in [1.54, 1.807) is 0 Å². The van der Waals surface area contributed by atoms with Gasteiger partial charge >= 0.3 is 0 Å². The first-order valence-electron chi connectivity index (χ1n) is 10.3. The van der Waals surface area contributed by atoms with Crippen LogP contribution in [0, 0.1) is 0 Å². The molecule has 1 aromatic rings. The molecule has 1 heterocycles. The van der Waals surface area contributed by atoms with Crippen molar-refractivity contribution in [3.63, 3.8) is 0 Å². The van der Waals surface area contributed by atoms with E-state index >= 15 is 0 Å². The number of rotatable bonds is 6. The summed E-state index contributed by atoms with van der Waals surface area (Å²) in [5.74, 6) is 1.71. The van der Waals surface area contributed by atoms with Crippen LogP contribution >= 0.6 is 0 Å². The molecule has 0 aromatic heterocycles. The molecule has 1 aliphatic rings. The monoisotopic (exact) mass is 365 g/mol. The van der Waals surface area contributed by atoms with Crippen molar-refractivity contribution in [1.82, 2.24) is 4.90 Å². The number of fused-ring (bicyclic) bond motifs is 1. The van der Waals surface area contributed by atoms with Crippen molar-refractivity contribution in [2.75, 3.05) is 13.3 Å². The minimum atomic E-state index is 0.335. The molecule has 0 N–H and O–H groups in total. The first-order valence-corrected chi connectivity index (χ1v) is 10.3. The van der Waals surface area contributed by atoms with E-state index in [4.69, 9.17) is 9.47 Å². The average Bonchev–Trinajstić information content (AvgIpc) is 3.13. The fraction of sp³-hybridized carbons (Fsp3) is 0.652. The van der Waals surface area contributed by atoms with E-state index in [0.717, 1.165) is 30.2 Å². The van der Waals surface area contributed by atoms with E-state index in [2.05, 4.69) is 58.2 Å². The second-order valence-electron chi connectivity index (χ2n) is 5.76. The van der Waals surface area contributed by atoms with Gasteiger partial charge in [0.1, 0.15) is 0 Å². The summed E-state index contributed by atoms with van der Waals surface area (Å²) in [6, 6.07) is 6.61. The smallest absolute Gasteiger partial charge is 0.231 e. The number of hydrogen-bond donors (Lipinski definition) is 0. The zero-order chi connectivity index (χ0) is 20.5. The molecule has 0 spiro atoms. The highest BCUT2D eigenvalue weighted by Gasteiger charge is 2.16. The highest BCUT2D eigenvalue weighted by molar-refractivity contribution is 5.44. The number of benzene rings is 1. The zero-order valence-electron chi connectivity index (χ0n) is 18.8. The van der Waals surface area contributed by atoms with Crippen LogP contribution in [-0.2, 0) is 6.42 Å². The van der Waals surface area contributed by atoms with Gasteiger partial charge in [-0.05, 0) is 44.9 Å². The Bertz CT molecular complexity index is 469. The van der Waals surface area contributed by atoms with Gasteiger partial charge in [0.2, 0.25) is 6.79 Å². The van der Waals surface area contributed by atoms with Crippen LogP contribution in [0.25, 0.3) is 0 Å². The molecule has 1 atom stereocenters. The van der Waals surface area contributed by atoms with Crippen molar-refractivity contribution >= 4 is 0 Å². The largest absolute Gasteiger partial charge is 0.454 e. The molecule has 0 fully saturated rings. The standard InChI is InChI=1S/C15H21NO2.C4H10.2C2H6/c1-5-16(11(2)3)12(4)8-13-6-7-14-15(9-13)18-10-17-14;1-3-4-2;2*1-2/h6-7,9,12H,2,5,8,10H2,1,3-4H3;3-4H2,1-2H3;2*1-2H3. The molecule has 1 aromatic carbocycles. The molecule has 3 nitrogen and oxygen atoms in total. The van der Waals surface area contributed by atoms with Gasteiger partial charge in [-0.1, -0.05) is 67.0 Å². The first kappa shape index (κ1) is 26.6. The Morgan fingerprint density at radius 1 is 1.04 bits per heavy atom. The van der Waals surface area contributed by atoms with Gasteiger partial charge in [-0.2, -0.15) is 0 Å². The van der Waals surface area contributed by atoms with Crippen LogP contribution in [0.2, 0.25) is 0 Å². The van der Waals surface area contributed by atoms with Crippen LogP contribution in [0.4, 0.5) is 0 Å². The molecule has 0 saturated heterocycles. The van der Waals surface area contributed by atoms with Crippen LogP contribution < -0.4 is 9.47 Å². The summed E-state index contributed by atoms with van der Waals surface area (Å²) >= 11 is 0. The quantitative estimate of drug-likeness (QED) is 0.538. The van der Waals surface area contributed by atoms with E-state index in [0.29, 0.717) is 12.8 Å². The third-order valence-electron chi connectivity index (χ3n) is 3.83. The summed E-state index contributed by atoms with van der Waals surface area (Å²) < 4.78 is 10.7. The highest BCUT2D eigenvalue weighted by Crippen LogP contribution is 2.33. The van der Waals surface area contributed by atoms with Gasteiger partial charge in [0, 0.05) is 18.3 Å². The Morgan fingerprint density at radius 2 is 1.58 bits per heavy atom. The van der Waals surface area contributed by atoms with Gasteiger partial charge in [-0.15, -0.1) is 0 Å². The number of allylic oxidation sites excluding steroid dienone is 1. The maximum Gasteiger partial charge on any atom is 0.231 e. The van der Waals surface area contributed by atoms with E-state index < -0.39 is 0 Å². The molecule has 0 amide bonds. The first-order chi connectivity index (χ1) is 12.5. The molecule has 0 saturated carbocycles. The molecule has 0 bridgehead atoms. The maximum atomic E-state index is 5.40. The molecule has 1 unspecified atom stereocenters. The molecule has 0 radical (unpaired) electrons. The van der Waals surface area contributed by atoms with E-state index in [-0.39, 0.29) is 0 Å². The van der Waals surface area contributed by atoms with Crippen LogP contribution in [0.5, 0.6) is 11.5 Å². The topological polar surface area (TPSA) is 21.7 Å². The molecule has 152 valence electrons. The lowest BCUT2D eigenvalue weighted by atomic mass is 10.0. The Balaban J connectivity index is 0. The van der Waals surface area contributed by atoms with Crippen molar-refractivity contribution in [2.24, 2.45) is 0 Å². The van der Waals surface area contributed by atoms with Crippen molar-refractivity contribution in [3.05, 3.63) is 36.0 Å². The normalized spacial score (nSPS) is 11.6. The third kappa shape index (κ3) is 9.74. The maximum absolute atomic E-state index is 5.40. The molecule has 26 heavy (non-hydrogen) atoms. The summed E-state index contributed by atoms with van der Waals surface area (Å²) in [6.45, 7) is 24.1. The van der Waals surface area contributed by atoms with Gasteiger partial charge in [-0.3, -0.25) is 0 Å². The number of likely N-dealkylation sites (N-methyl/N-ethyl adjacent to an activating group) is 1. The Morgan fingerprint density at radius 3 is 2.04 bits per heavy atom. The number of ether oxygens (including phenoxy) is 2. The summed E-state index contributed by atoms with van der Waals surface area (Å²) in [5, 5.41) is 0. The summed E-state index contributed by atoms with van der Waals surface area (Å²) in [5.41, 5.74) is 2.39. The van der Waals surface area contributed by atoms with Gasteiger partial charge < -0.3 is 14.4 Å². The zero-order valence-corrected chi connectivity index (χ0v) is 18.8. The predicted molar refractivity (Wildman–Crippen MR) is 116 cm³/mol.